The third-order valence-corrected chi connectivity index (χ3v) is 3.52. The quantitative estimate of drug-likeness (QED) is 0.913. The first-order valence-electron chi connectivity index (χ1n) is 6.76. The molecule has 0 aromatic heterocycles. The number of ether oxygens (including phenoxy) is 1. The number of hydrogen-bond acceptors (Lipinski definition) is 2. The second-order valence-corrected chi connectivity index (χ2v) is 5.30. The van der Waals surface area contributed by atoms with E-state index in [0.29, 0.717) is 11.4 Å². The molecule has 110 valence electrons. The van der Waals surface area contributed by atoms with Gasteiger partial charge in [-0.3, -0.25) is 4.79 Å². The lowest BCUT2D eigenvalue weighted by atomic mass is 10.1. The van der Waals surface area contributed by atoms with Gasteiger partial charge in [0.1, 0.15) is 5.75 Å². The first-order chi connectivity index (χ1) is 10.1. The van der Waals surface area contributed by atoms with E-state index in [1.807, 2.05) is 43.3 Å². The predicted molar refractivity (Wildman–Crippen MR) is 84.7 cm³/mol. The molecule has 0 aliphatic rings. The largest absolute Gasteiger partial charge is 0.497 e. The molecular formula is C17H18ClNO2. The third kappa shape index (κ3) is 4.50. The number of carbonyl (C=O) groups excluding carboxylic acids is 1. The minimum atomic E-state index is -0.0456. The average Bonchev–Trinajstić information content (AvgIpc) is 2.49. The Morgan fingerprint density at radius 2 is 1.76 bits per heavy atom. The van der Waals surface area contributed by atoms with Gasteiger partial charge in [-0.2, -0.15) is 0 Å². The number of halogens is 1. The summed E-state index contributed by atoms with van der Waals surface area (Å²) >= 11 is 5.83. The molecule has 0 spiro atoms. The molecule has 0 saturated carbocycles. The Morgan fingerprint density at radius 3 is 2.33 bits per heavy atom. The summed E-state index contributed by atoms with van der Waals surface area (Å²) in [6.45, 7) is 1.96. The van der Waals surface area contributed by atoms with Crippen LogP contribution in [0.15, 0.2) is 48.5 Å². The normalized spacial score (nSPS) is 11.8. The zero-order valence-electron chi connectivity index (χ0n) is 12.1. The first-order valence-corrected chi connectivity index (χ1v) is 7.14. The molecule has 0 fully saturated rings. The van der Waals surface area contributed by atoms with Crippen LogP contribution in [-0.2, 0) is 11.2 Å². The van der Waals surface area contributed by atoms with Crippen molar-refractivity contribution in [1.29, 1.82) is 0 Å². The van der Waals surface area contributed by atoms with Gasteiger partial charge in [0.2, 0.25) is 5.91 Å². The van der Waals surface area contributed by atoms with Crippen LogP contribution >= 0.6 is 11.6 Å². The van der Waals surface area contributed by atoms with Gasteiger partial charge in [-0.15, -0.1) is 0 Å². The first kappa shape index (κ1) is 15.4. The fraction of sp³-hybridized carbons (Fsp3) is 0.235. The lowest BCUT2D eigenvalue weighted by Crippen LogP contribution is -2.28. The Hall–Kier alpha value is -2.00. The molecule has 0 saturated heterocycles. The maximum Gasteiger partial charge on any atom is 0.224 e. The van der Waals surface area contributed by atoms with Crippen molar-refractivity contribution in [3.05, 3.63) is 64.7 Å². The summed E-state index contributed by atoms with van der Waals surface area (Å²) in [5, 5.41) is 3.66. The lowest BCUT2D eigenvalue weighted by molar-refractivity contribution is -0.121. The van der Waals surface area contributed by atoms with Crippen molar-refractivity contribution >= 4 is 17.5 Å². The minimum absolute atomic E-state index is 0.0133. The maximum absolute atomic E-state index is 12.0. The van der Waals surface area contributed by atoms with E-state index in [0.717, 1.165) is 16.9 Å². The molecule has 0 aliphatic heterocycles. The number of amides is 1. The number of rotatable bonds is 5. The molecule has 2 aromatic rings. The van der Waals surface area contributed by atoms with Crippen LogP contribution < -0.4 is 10.1 Å². The molecule has 0 heterocycles. The molecule has 1 amide bonds. The van der Waals surface area contributed by atoms with Crippen molar-refractivity contribution in [2.24, 2.45) is 0 Å². The molecule has 1 N–H and O–H groups in total. The molecule has 0 bridgehead atoms. The monoisotopic (exact) mass is 303 g/mol. The fourth-order valence-electron chi connectivity index (χ4n) is 2.06. The topological polar surface area (TPSA) is 38.3 Å². The molecule has 1 atom stereocenters. The van der Waals surface area contributed by atoms with Gasteiger partial charge in [0.15, 0.2) is 0 Å². The molecular weight excluding hydrogens is 286 g/mol. The molecule has 3 nitrogen and oxygen atoms in total. The second kappa shape index (κ2) is 7.14. The summed E-state index contributed by atoms with van der Waals surface area (Å²) in [6.07, 6.45) is 0.345. The number of benzene rings is 2. The highest BCUT2D eigenvalue weighted by Crippen LogP contribution is 2.17. The molecule has 2 aromatic carbocycles. The van der Waals surface area contributed by atoms with Gasteiger partial charge in [-0.25, -0.2) is 0 Å². The summed E-state index contributed by atoms with van der Waals surface area (Å²) in [6, 6.07) is 14.9. The highest BCUT2D eigenvalue weighted by atomic mass is 35.5. The molecule has 0 unspecified atom stereocenters. The van der Waals surface area contributed by atoms with Crippen molar-refractivity contribution in [1.82, 2.24) is 5.32 Å². The maximum atomic E-state index is 12.0. The van der Waals surface area contributed by atoms with Crippen molar-refractivity contribution in [3.63, 3.8) is 0 Å². The van der Waals surface area contributed by atoms with E-state index < -0.39 is 0 Å². The highest BCUT2D eigenvalue weighted by molar-refractivity contribution is 6.30. The zero-order valence-corrected chi connectivity index (χ0v) is 12.9. The van der Waals surface area contributed by atoms with Crippen LogP contribution in [0.25, 0.3) is 0 Å². The van der Waals surface area contributed by atoms with Crippen LogP contribution in [0.5, 0.6) is 5.75 Å². The van der Waals surface area contributed by atoms with Crippen molar-refractivity contribution in [3.8, 4) is 5.75 Å². The summed E-state index contributed by atoms with van der Waals surface area (Å²) < 4.78 is 5.12. The van der Waals surface area contributed by atoms with Gasteiger partial charge in [0, 0.05) is 5.02 Å². The van der Waals surface area contributed by atoms with Crippen molar-refractivity contribution in [2.75, 3.05) is 7.11 Å². The molecule has 4 heteroatoms. The van der Waals surface area contributed by atoms with Crippen LogP contribution in [0.3, 0.4) is 0 Å². The van der Waals surface area contributed by atoms with Gasteiger partial charge in [0.05, 0.1) is 19.6 Å². The predicted octanol–water partition coefficient (Wildman–Crippen LogP) is 3.77. The summed E-state index contributed by atoms with van der Waals surface area (Å²) in [7, 11) is 1.63. The molecule has 21 heavy (non-hydrogen) atoms. The van der Waals surface area contributed by atoms with E-state index >= 15 is 0 Å². The fourth-order valence-corrected chi connectivity index (χ4v) is 2.18. The molecule has 2 rings (SSSR count). The van der Waals surface area contributed by atoms with Crippen LogP contribution in [0.4, 0.5) is 0 Å². The number of nitrogens with one attached hydrogen (secondary N) is 1. The van der Waals surface area contributed by atoms with Crippen molar-refractivity contribution in [2.45, 2.75) is 19.4 Å². The number of hydrogen-bond donors (Lipinski definition) is 1. The Kier molecular flexibility index (Phi) is 5.23. The standard InChI is InChI=1S/C17H18ClNO2/c1-12(14-5-9-16(21-2)10-6-14)19-17(20)11-13-3-7-15(18)8-4-13/h3-10,12H,11H2,1-2H3,(H,19,20)/t12-/m0/s1. The van der Waals surface area contributed by atoms with Crippen LogP contribution in [0, 0.1) is 0 Å². The Balaban J connectivity index is 1.93. The van der Waals surface area contributed by atoms with Crippen LogP contribution in [0.2, 0.25) is 5.02 Å². The Labute approximate surface area is 129 Å². The summed E-state index contributed by atoms with van der Waals surface area (Å²) in [5.41, 5.74) is 1.99. The van der Waals surface area contributed by atoms with E-state index in [4.69, 9.17) is 16.3 Å². The van der Waals surface area contributed by atoms with Crippen LogP contribution in [-0.4, -0.2) is 13.0 Å². The number of carbonyl (C=O) groups is 1. The van der Waals surface area contributed by atoms with E-state index in [-0.39, 0.29) is 11.9 Å². The van der Waals surface area contributed by atoms with E-state index in [2.05, 4.69) is 5.32 Å². The van der Waals surface area contributed by atoms with Gasteiger partial charge in [0.25, 0.3) is 0 Å². The third-order valence-electron chi connectivity index (χ3n) is 3.27. The van der Waals surface area contributed by atoms with Crippen molar-refractivity contribution < 1.29 is 9.53 Å². The van der Waals surface area contributed by atoms with E-state index in [1.165, 1.54) is 0 Å². The summed E-state index contributed by atoms with van der Waals surface area (Å²) in [5.74, 6) is 0.791. The Morgan fingerprint density at radius 1 is 1.14 bits per heavy atom. The smallest absolute Gasteiger partial charge is 0.224 e. The van der Waals surface area contributed by atoms with Gasteiger partial charge in [-0.05, 0) is 42.3 Å². The minimum Gasteiger partial charge on any atom is -0.497 e. The van der Waals surface area contributed by atoms with Gasteiger partial charge in [-0.1, -0.05) is 35.9 Å². The van der Waals surface area contributed by atoms with Gasteiger partial charge >= 0.3 is 0 Å². The summed E-state index contributed by atoms with van der Waals surface area (Å²) in [4.78, 5) is 12.0. The van der Waals surface area contributed by atoms with Gasteiger partial charge < -0.3 is 10.1 Å². The second-order valence-electron chi connectivity index (χ2n) is 4.87. The molecule has 0 radical (unpaired) electrons. The highest BCUT2D eigenvalue weighted by Gasteiger charge is 2.10. The number of methoxy groups -OCH3 is 1. The van der Waals surface area contributed by atoms with E-state index in [1.54, 1.807) is 19.2 Å². The zero-order chi connectivity index (χ0) is 15.2. The van der Waals surface area contributed by atoms with E-state index in [9.17, 15) is 4.79 Å². The van der Waals surface area contributed by atoms with Crippen LogP contribution in [0.1, 0.15) is 24.1 Å². The molecule has 0 aliphatic carbocycles. The lowest BCUT2D eigenvalue weighted by Gasteiger charge is -2.15. The average molecular weight is 304 g/mol. The Bertz CT molecular complexity index is 593. The SMILES string of the molecule is COc1ccc([C@H](C)NC(=O)Cc2ccc(Cl)cc2)cc1.